The number of piperidine rings is 1. The first-order valence-corrected chi connectivity index (χ1v) is 11.8. The summed E-state index contributed by atoms with van der Waals surface area (Å²) in [6, 6.07) is 8.59. The van der Waals surface area contributed by atoms with Crippen LogP contribution in [-0.4, -0.2) is 60.0 Å². The summed E-state index contributed by atoms with van der Waals surface area (Å²) in [6.45, 7) is 1.85. The number of rotatable bonds is 4. The van der Waals surface area contributed by atoms with Crippen LogP contribution in [0.4, 0.5) is 5.69 Å². The van der Waals surface area contributed by atoms with Crippen molar-refractivity contribution < 1.29 is 23.9 Å². The average molecular weight is 456 g/mol. The number of likely N-dealkylation sites (tertiary alicyclic amines) is 2. The zero-order valence-corrected chi connectivity index (χ0v) is 18.4. The summed E-state index contributed by atoms with van der Waals surface area (Å²) in [5, 5.41) is 4.82. The molecule has 1 N–H and O–H groups in total. The minimum absolute atomic E-state index is 0.00188. The highest BCUT2D eigenvalue weighted by atomic mass is 32.1. The number of hydrogen-bond donors (Lipinski definition) is 1. The lowest BCUT2D eigenvalue weighted by molar-refractivity contribution is -0.138. The highest BCUT2D eigenvalue weighted by molar-refractivity contribution is 7.12. The van der Waals surface area contributed by atoms with Gasteiger partial charge in [-0.25, -0.2) is 0 Å². The molecule has 5 rings (SSSR count). The van der Waals surface area contributed by atoms with Crippen molar-refractivity contribution in [1.82, 2.24) is 9.80 Å². The lowest BCUT2D eigenvalue weighted by Gasteiger charge is -2.35. The van der Waals surface area contributed by atoms with E-state index >= 15 is 0 Å². The van der Waals surface area contributed by atoms with Gasteiger partial charge in [-0.05, 0) is 49.3 Å². The summed E-state index contributed by atoms with van der Waals surface area (Å²) >= 11 is 1.40. The van der Waals surface area contributed by atoms with E-state index in [2.05, 4.69) is 5.32 Å². The van der Waals surface area contributed by atoms with E-state index in [1.807, 2.05) is 16.3 Å². The molecule has 4 heterocycles. The van der Waals surface area contributed by atoms with Crippen LogP contribution in [0.25, 0.3) is 0 Å². The Balaban J connectivity index is 1.16. The summed E-state index contributed by atoms with van der Waals surface area (Å²) in [4.78, 5) is 42.9. The highest BCUT2D eigenvalue weighted by Crippen LogP contribution is 2.34. The fraction of sp³-hybridized carbons (Fsp3) is 0.435. The molecule has 3 aliphatic rings. The summed E-state index contributed by atoms with van der Waals surface area (Å²) in [6.07, 6.45) is 2.74. The molecule has 1 atom stereocenters. The molecule has 2 saturated heterocycles. The van der Waals surface area contributed by atoms with Gasteiger partial charge in [0.1, 0.15) is 6.04 Å². The summed E-state index contributed by atoms with van der Waals surface area (Å²) in [5.41, 5.74) is 0.673. The van der Waals surface area contributed by atoms with Crippen LogP contribution in [0, 0.1) is 5.92 Å². The van der Waals surface area contributed by atoms with Gasteiger partial charge in [-0.15, -0.1) is 11.3 Å². The van der Waals surface area contributed by atoms with Gasteiger partial charge in [-0.3, -0.25) is 14.4 Å². The molecule has 1 unspecified atom stereocenters. The van der Waals surface area contributed by atoms with E-state index in [4.69, 9.17) is 9.47 Å². The smallest absolute Gasteiger partial charge is 0.264 e. The van der Waals surface area contributed by atoms with Crippen molar-refractivity contribution in [2.45, 2.75) is 31.7 Å². The van der Waals surface area contributed by atoms with Gasteiger partial charge in [-0.1, -0.05) is 6.07 Å². The van der Waals surface area contributed by atoms with Crippen LogP contribution in [-0.2, 0) is 9.59 Å². The molecule has 2 fully saturated rings. The fourth-order valence-electron chi connectivity index (χ4n) is 4.60. The molecule has 2 aromatic rings. The first-order valence-electron chi connectivity index (χ1n) is 10.9. The number of carbonyl (C=O) groups excluding carboxylic acids is 3. The van der Waals surface area contributed by atoms with Gasteiger partial charge in [-0.2, -0.15) is 0 Å². The predicted octanol–water partition coefficient (Wildman–Crippen LogP) is 2.96. The Morgan fingerprint density at radius 1 is 1.00 bits per heavy atom. The fourth-order valence-corrected chi connectivity index (χ4v) is 5.28. The highest BCUT2D eigenvalue weighted by Gasteiger charge is 2.38. The van der Waals surface area contributed by atoms with Crippen molar-refractivity contribution in [2.24, 2.45) is 5.92 Å². The van der Waals surface area contributed by atoms with Crippen molar-refractivity contribution >= 4 is 34.7 Å². The van der Waals surface area contributed by atoms with Crippen molar-refractivity contribution in [3.63, 3.8) is 0 Å². The van der Waals surface area contributed by atoms with E-state index in [1.165, 1.54) is 11.3 Å². The lowest BCUT2D eigenvalue weighted by Crippen LogP contribution is -2.50. The average Bonchev–Trinajstić information content (AvgIpc) is 3.59. The molecule has 0 aliphatic carbocycles. The normalized spacial score (nSPS) is 20.4. The number of hydrogen-bond acceptors (Lipinski definition) is 6. The topological polar surface area (TPSA) is 88.2 Å². The Bertz CT molecular complexity index is 1020. The minimum atomic E-state index is -0.399. The zero-order chi connectivity index (χ0) is 22.1. The molecule has 3 aliphatic heterocycles. The van der Waals surface area contributed by atoms with E-state index in [0.29, 0.717) is 61.0 Å². The molecule has 168 valence electrons. The SMILES string of the molecule is O=C(Nc1ccc2c(c1)OCO2)C1CCN(C(=O)C2CCCN2C(=O)c2cccs2)CC1. The molecule has 1 aromatic heterocycles. The predicted molar refractivity (Wildman–Crippen MR) is 119 cm³/mol. The maximum absolute atomic E-state index is 13.2. The molecule has 32 heavy (non-hydrogen) atoms. The van der Waals surface area contributed by atoms with E-state index in [1.54, 1.807) is 29.2 Å². The van der Waals surface area contributed by atoms with Crippen LogP contribution >= 0.6 is 11.3 Å². The van der Waals surface area contributed by atoms with Crippen LogP contribution < -0.4 is 14.8 Å². The minimum Gasteiger partial charge on any atom is -0.454 e. The van der Waals surface area contributed by atoms with Crippen molar-refractivity contribution in [3.05, 3.63) is 40.6 Å². The van der Waals surface area contributed by atoms with Crippen molar-refractivity contribution in [1.29, 1.82) is 0 Å². The van der Waals surface area contributed by atoms with Crippen LogP contribution in [0.2, 0.25) is 0 Å². The number of ether oxygens (including phenoxy) is 2. The van der Waals surface area contributed by atoms with Crippen LogP contribution in [0.15, 0.2) is 35.7 Å². The number of benzene rings is 1. The summed E-state index contributed by atoms with van der Waals surface area (Å²) in [7, 11) is 0. The number of nitrogens with one attached hydrogen (secondary N) is 1. The second-order valence-electron chi connectivity index (χ2n) is 8.29. The molecule has 3 amide bonds. The van der Waals surface area contributed by atoms with E-state index in [-0.39, 0.29) is 30.4 Å². The van der Waals surface area contributed by atoms with Gasteiger partial charge in [0.25, 0.3) is 5.91 Å². The lowest BCUT2D eigenvalue weighted by atomic mass is 9.95. The third-order valence-electron chi connectivity index (χ3n) is 6.35. The number of carbonyl (C=O) groups is 3. The number of anilines is 1. The monoisotopic (exact) mass is 455 g/mol. The third-order valence-corrected chi connectivity index (χ3v) is 7.21. The number of fused-ring (bicyclic) bond motifs is 1. The molecule has 0 bridgehead atoms. The second kappa shape index (κ2) is 8.82. The second-order valence-corrected chi connectivity index (χ2v) is 9.24. The Labute approximate surface area is 190 Å². The first kappa shape index (κ1) is 20.8. The van der Waals surface area contributed by atoms with Gasteiger partial charge in [0, 0.05) is 37.3 Å². The third kappa shape index (κ3) is 4.04. The van der Waals surface area contributed by atoms with Gasteiger partial charge in [0.05, 0.1) is 4.88 Å². The zero-order valence-electron chi connectivity index (χ0n) is 17.6. The summed E-state index contributed by atoms with van der Waals surface area (Å²) in [5.74, 6) is 1.04. The van der Waals surface area contributed by atoms with E-state index < -0.39 is 6.04 Å². The Hall–Kier alpha value is -3.07. The van der Waals surface area contributed by atoms with Crippen molar-refractivity contribution in [3.8, 4) is 11.5 Å². The molecule has 0 radical (unpaired) electrons. The maximum atomic E-state index is 13.2. The molecule has 9 heteroatoms. The van der Waals surface area contributed by atoms with Gasteiger partial charge < -0.3 is 24.6 Å². The van der Waals surface area contributed by atoms with E-state index in [9.17, 15) is 14.4 Å². The van der Waals surface area contributed by atoms with Crippen molar-refractivity contribution in [2.75, 3.05) is 31.7 Å². The summed E-state index contributed by atoms with van der Waals surface area (Å²) < 4.78 is 10.7. The molecular formula is C23H25N3O5S. The van der Waals surface area contributed by atoms with E-state index in [0.717, 1.165) is 6.42 Å². The molecule has 1 aromatic carbocycles. The Morgan fingerprint density at radius 3 is 2.59 bits per heavy atom. The quantitative estimate of drug-likeness (QED) is 0.766. The number of amides is 3. The number of thiophene rings is 1. The first-order chi connectivity index (χ1) is 15.6. The molecule has 0 saturated carbocycles. The largest absolute Gasteiger partial charge is 0.454 e. The number of nitrogens with zero attached hydrogens (tertiary/aromatic N) is 2. The van der Waals surface area contributed by atoms with Gasteiger partial charge >= 0.3 is 0 Å². The van der Waals surface area contributed by atoms with Gasteiger partial charge in [0.15, 0.2) is 11.5 Å². The molecule has 8 nitrogen and oxygen atoms in total. The van der Waals surface area contributed by atoms with Crippen LogP contribution in [0.5, 0.6) is 11.5 Å². The van der Waals surface area contributed by atoms with Crippen LogP contribution in [0.3, 0.4) is 0 Å². The Kier molecular flexibility index (Phi) is 5.73. The van der Waals surface area contributed by atoms with Gasteiger partial charge in [0.2, 0.25) is 18.6 Å². The van der Waals surface area contributed by atoms with Crippen LogP contribution in [0.1, 0.15) is 35.4 Å². The molecule has 0 spiro atoms. The maximum Gasteiger partial charge on any atom is 0.264 e. The molecular weight excluding hydrogens is 430 g/mol. The Morgan fingerprint density at radius 2 is 1.81 bits per heavy atom. The standard InChI is InChI=1S/C23H25N3O5S/c27-21(24-16-5-6-18-19(13-16)31-14-30-18)15-7-10-25(11-8-15)22(28)17-3-1-9-26(17)23(29)20-4-2-12-32-20/h2,4-6,12-13,15,17H,1,3,7-11,14H2,(H,24,27).